The molecule has 0 radical (unpaired) electrons. The van der Waals surface area contributed by atoms with Gasteiger partial charge < -0.3 is 9.11 Å². The van der Waals surface area contributed by atoms with Gasteiger partial charge in [0.15, 0.2) is 0 Å². The number of hydrogen-bond acceptors (Lipinski definition) is 6. The summed E-state index contributed by atoms with van der Waals surface area (Å²) in [7, 11) is -8.90. The number of benzene rings is 6. The minimum atomic E-state index is -4.45. The predicted molar refractivity (Wildman–Crippen MR) is 139 cm³/mol. The largest absolute Gasteiger partial charge is 2.00 e. The van der Waals surface area contributed by atoms with Crippen molar-refractivity contribution < 1.29 is 43.0 Å². The van der Waals surface area contributed by atoms with E-state index in [2.05, 4.69) is 0 Å². The molecule has 6 nitrogen and oxygen atoms in total. The van der Waals surface area contributed by atoms with Gasteiger partial charge in [-0.15, -0.1) is 0 Å². The van der Waals surface area contributed by atoms with Gasteiger partial charge in [-0.1, -0.05) is 72.8 Å². The Morgan fingerprint density at radius 1 is 0.405 bits per heavy atom. The molecule has 0 heterocycles. The molecule has 0 spiro atoms. The van der Waals surface area contributed by atoms with Crippen molar-refractivity contribution in [1.82, 2.24) is 0 Å². The fraction of sp³-hybridized carbons (Fsp3) is 0. The third kappa shape index (κ3) is 5.52. The predicted octanol–water partition coefficient (Wildman–Crippen LogP) is 5.79. The van der Waals surface area contributed by atoms with Crippen LogP contribution in [0.1, 0.15) is 0 Å². The summed E-state index contributed by atoms with van der Waals surface area (Å²) in [6, 6.07) is 32.0. The average molecular weight is 570 g/mol. The Balaban J connectivity index is 0.000000168. The monoisotopic (exact) mass is 570 g/mol. The van der Waals surface area contributed by atoms with Crippen LogP contribution in [0, 0.1) is 0 Å². The van der Waals surface area contributed by atoms with E-state index >= 15 is 0 Å². The second kappa shape index (κ2) is 10.2. The third-order valence-corrected chi connectivity index (χ3v) is 7.74. The van der Waals surface area contributed by atoms with E-state index < -0.39 is 20.2 Å². The Bertz CT molecular complexity index is 1860. The summed E-state index contributed by atoms with van der Waals surface area (Å²) in [6.45, 7) is 0. The molecule has 0 aromatic heterocycles. The molecule has 0 fully saturated rings. The van der Waals surface area contributed by atoms with Gasteiger partial charge in [-0.3, -0.25) is 0 Å². The van der Waals surface area contributed by atoms with Crippen LogP contribution in [0.15, 0.2) is 119 Å². The standard InChI is InChI=1S/2C14H10O3S.Fe/c2*15-18(16,17)14-7-3-6-12-8-10-4-1-2-5-11(10)9-13(12)14;/h2*1-9H,(H,15,16,17);/q;;+2/p-2. The van der Waals surface area contributed by atoms with Crippen LogP contribution < -0.4 is 0 Å². The van der Waals surface area contributed by atoms with E-state index in [9.17, 15) is 25.9 Å². The maximum atomic E-state index is 11.2. The van der Waals surface area contributed by atoms with Crippen LogP contribution in [-0.2, 0) is 37.3 Å². The van der Waals surface area contributed by atoms with Gasteiger partial charge in [0.2, 0.25) is 0 Å². The summed E-state index contributed by atoms with van der Waals surface area (Å²) in [5.74, 6) is 0. The van der Waals surface area contributed by atoms with E-state index in [1.807, 2.05) is 60.7 Å². The molecule has 0 saturated carbocycles. The zero-order valence-corrected chi connectivity index (χ0v) is 21.7. The van der Waals surface area contributed by atoms with Crippen molar-refractivity contribution in [3.05, 3.63) is 109 Å². The summed E-state index contributed by atoms with van der Waals surface area (Å²) >= 11 is 0. The molecule has 186 valence electrons. The van der Waals surface area contributed by atoms with Crippen molar-refractivity contribution in [2.45, 2.75) is 9.79 Å². The summed E-state index contributed by atoms with van der Waals surface area (Å²) in [5, 5.41) is 6.34. The summed E-state index contributed by atoms with van der Waals surface area (Å²) < 4.78 is 67.4. The van der Waals surface area contributed by atoms with Gasteiger partial charge in [-0.05, 0) is 79.5 Å². The molecule has 6 rings (SSSR count). The molecule has 0 amide bonds. The van der Waals surface area contributed by atoms with Crippen LogP contribution in [0.5, 0.6) is 0 Å². The summed E-state index contributed by atoms with van der Waals surface area (Å²) in [4.78, 5) is -0.323. The molecule has 37 heavy (non-hydrogen) atoms. The average Bonchev–Trinajstić information content (AvgIpc) is 2.84. The van der Waals surface area contributed by atoms with E-state index in [1.54, 1.807) is 36.4 Å². The second-order valence-electron chi connectivity index (χ2n) is 8.26. The van der Waals surface area contributed by atoms with Gasteiger partial charge in [-0.2, -0.15) is 0 Å². The molecule has 0 aliphatic heterocycles. The smallest absolute Gasteiger partial charge is 0.744 e. The summed E-state index contributed by atoms with van der Waals surface area (Å²) in [6.07, 6.45) is 0. The molecule has 0 unspecified atom stereocenters. The SMILES string of the molecule is O=S(=O)([O-])c1cccc2cc3ccccc3cc12.O=S(=O)([O-])c1cccc2cc3ccccc3cc12.[Fe+2]. The minimum absolute atomic E-state index is 0. The van der Waals surface area contributed by atoms with Crippen molar-refractivity contribution >= 4 is 63.3 Å². The molecule has 0 atom stereocenters. The van der Waals surface area contributed by atoms with Gasteiger partial charge in [-0.25, -0.2) is 16.8 Å². The minimum Gasteiger partial charge on any atom is -0.744 e. The second-order valence-corrected chi connectivity index (χ2v) is 11.0. The number of hydrogen-bond donors (Lipinski definition) is 0. The Morgan fingerprint density at radius 3 is 1.03 bits per heavy atom. The quantitative estimate of drug-likeness (QED) is 0.148. The molecule has 0 aliphatic rings. The maximum Gasteiger partial charge on any atom is 2.00 e. The first-order chi connectivity index (χ1) is 17.1. The van der Waals surface area contributed by atoms with Crippen LogP contribution in [0.25, 0.3) is 43.1 Å². The zero-order valence-electron chi connectivity index (χ0n) is 19.0. The molecule has 0 aliphatic carbocycles. The van der Waals surface area contributed by atoms with Crippen molar-refractivity contribution in [2.24, 2.45) is 0 Å². The van der Waals surface area contributed by atoms with Crippen molar-refractivity contribution in [1.29, 1.82) is 0 Å². The first-order valence-corrected chi connectivity index (χ1v) is 13.7. The van der Waals surface area contributed by atoms with Crippen LogP contribution in [0.3, 0.4) is 0 Å². The first-order valence-electron chi connectivity index (χ1n) is 10.9. The van der Waals surface area contributed by atoms with Crippen LogP contribution in [0.4, 0.5) is 0 Å². The Kier molecular flexibility index (Phi) is 7.39. The van der Waals surface area contributed by atoms with Gasteiger partial charge in [0.1, 0.15) is 20.2 Å². The molecular formula is C28H18FeO6S2. The fourth-order valence-electron chi connectivity index (χ4n) is 4.31. The molecule has 0 bridgehead atoms. The molecule has 9 heteroatoms. The van der Waals surface area contributed by atoms with Crippen LogP contribution in [0.2, 0.25) is 0 Å². The molecule has 6 aromatic rings. The Morgan fingerprint density at radius 2 is 0.703 bits per heavy atom. The number of fused-ring (bicyclic) bond motifs is 4. The maximum absolute atomic E-state index is 11.2. The van der Waals surface area contributed by atoms with Crippen molar-refractivity contribution in [3.8, 4) is 0 Å². The zero-order chi connectivity index (χ0) is 25.5. The van der Waals surface area contributed by atoms with Crippen LogP contribution >= 0.6 is 0 Å². The Hall–Kier alpha value is -3.30. The number of rotatable bonds is 2. The van der Waals surface area contributed by atoms with Gasteiger partial charge >= 0.3 is 17.1 Å². The fourth-order valence-corrected chi connectivity index (χ4v) is 5.69. The first kappa shape index (κ1) is 26.8. The van der Waals surface area contributed by atoms with Crippen LogP contribution in [-0.4, -0.2) is 25.9 Å². The van der Waals surface area contributed by atoms with Gasteiger partial charge in [0.25, 0.3) is 0 Å². The van der Waals surface area contributed by atoms with E-state index in [-0.39, 0.29) is 26.9 Å². The van der Waals surface area contributed by atoms with E-state index in [0.29, 0.717) is 10.8 Å². The molecule has 6 aromatic carbocycles. The Labute approximate surface area is 224 Å². The molecular weight excluding hydrogens is 552 g/mol. The molecule has 0 N–H and O–H groups in total. The van der Waals surface area contributed by atoms with Gasteiger partial charge in [0.05, 0.1) is 9.79 Å². The van der Waals surface area contributed by atoms with Crippen molar-refractivity contribution in [2.75, 3.05) is 0 Å². The van der Waals surface area contributed by atoms with E-state index in [4.69, 9.17) is 0 Å². The molecule has 0 saturated heterocycles. The normalized spacial score (nSPS) is 11.7. The van der Waals surface area contributed by atoms with E-state index in [1.165, 1.54) is 12.1 Å². The summed E-state index contributed by atoms with van der Waals surface area (Å²) in [5.41, 5.74) is 0. The van der Waals surface area contributed by atoms with E-state index in [0.717, 1.165) is 32.3 Å². The third-order valence-electron chi connectivity index (χ3n) is 5.95. The topological polar surface area (TPSA) is 114 Å². The van der Waals surface area contributed by atoms with Gasteiger partial charge in [0, 0.05) is 0 Å². The van der Waals surface area contributed by atoms with Crippen molar-refractivity contribution in [3.63, 3.8) is 0 Å².